The lowest BCUT2D eigenvalue weighted by Crippen LogP contribution is -2.76. The highest BCUT2D eigenvalue weighted by atomic mass is 28.3. The Morgan fingerprint density at radius 1 is 0.370 bits per heavy atom. The minimum Gasteiger partial charge on any atom is -0.335 e. The molecule has 0 aromatic heterocycles. The Morgan fingerprint density at radius 3 is 1.13 bits per heavy atom. The molecule has 92 heavy (non-hydrogen) atoms. The van der Waals surface area contributed by atoms with Gasteiger partial charge < -0.3 is 14.7 Å². The Kier molecular flexibility index (Phi) is 13.0. The molecule has 4 atom stereocenters. The lowest BCUT2D eigenvalue weighted by Gasteiger charge is -2.55. The van der Waals surface area contributed by atoms with Gasteiger partial charge in [0, 0.05) is 45.0 Å². The number of nitrogens with zero attached hydrogens (tertiary/aromatic N) is 3. The molecule has 11 aromatic rings. The van der Waals surface area contributed by atoms with Crippen molar-refractivity contribution in [3.05, 3.63) is 290 Å². The molecule has 2 saturated carbocycles. The molecule has 452 valence electrons. The summed E-state index contributed by atoms with van der Waals surface area (Å²) in [4.78, 5) is 8.82. The molecule has 0 saturated heterocycles. The van der Waals surface area contributed by atoms with Crippen LogP contribution in [0.5, 0.6) is 0 Å². The average Bonchev–Trinajstić information content (AvgIpc) is 1.46. The van der Waals surface area contributed by atoms with Crippen molar-refractivity contribution in [2.75, 3.05) is 14.7 Å². The molecule has 0 N–H and O–H groups in total. The van der Waals surface area contributed by atoms with Crippen molar-refractivity contribution in [1.82, 2.24) is 0 Å². The maximum Gasteiger partial charge on any atom is 0.252 e. The molecule has 2 fully saturated rings. The summed E-state index contributed by atoms with van der Waals surface area (Å²) in [5, 5.41) is 10.8. The summed E-state index contributed by atoms with van der Waals surface area (Å²) >= 11 is 0. The normalized spacial score (nSPS) is 21.6. The molecule has 6 aliphatic rings. The van der Waals surface area contributed by atoms with Crippen molar-refractivity contribution >= 4 is 121 Å². The Balaban J connectivity index is 1.06. The summed E-state index contributed by atoms with van der Waals surface area (Å²) in [5.74, 6) is 0. The molecular formula is C86H82BN3Si2. The number of fused-ring (bicyclic) bond motifs is 10. The number of hydrogen-bond acceptors (Lipinski definition) is 3. The molecule has 0 spiro atoms. The number of para-hydroxylation sites is 3. The zero-order chi connectivity index (χ0) is 62.4. The molecule has 0 amide bonds. The van der Waals surface area contributed by atoms with E-state index in [1.165, 1.54) is 147 Å². The number of anilines is 7. The fourth-order valence-corrected chi connectivity index (χ4v) is 29.5. The summed E-state index contributed by atoms with van der Waals surface area (Å²) in [6.07, 6.45) is 9.49. The third-order valence-corrected chi connectivity index (χ3v) is 34.0. The molecule has 6 heteroatoms. The lowest BCUT2D eigenvalue weighted by molar-refractivity contribution is 0.194. The van der Waals surface area contributed by atoms with Gasteiger partial charge in [-0.3, -0.25) is 0 Å². The van der Waals surface area contributed by atoms with E-state index >= 15 is 0 Å². The molecule has 3 nitrogen and oxygen atoms in total. The quantitative estimate of drug-likeness (QED) is 0.0944. The molecule has 4 aliphatic heterocycles. The predicted octanol–water partition coefficient (Wildman–Crippen LogP) is 13.8. The lowest BCUT2D eigenvalue weighted by atomic mass is 9.33. The van der Waals surface area contributed by atoms with Gasteiger partial charge in [-0.25, -0.2) is 0 Å². The zero-order valence-corrected chi connectivity index (χ0v) is 56.6. The second-order valence-electron chi connectivity index (χ2n) is 29.6. The third-order valence-electron chi connectivity index (χ3n) is 24.4. The van der Waals surface area contributed by atoms with Crippen molar-refractivity contribution in [2.45, 2.75) is 127 Å². The minimum absolute atomic E-state index is 0.0422. The smallest absolute Gasteiger partial charge is 0.252 e. The highest BCUT2D eigenvalue weighted by Gasteiger charge is 2.65. The van der Waals surface area contributed by atoms with Crippen LogP contribution in [0, 0.1) is 0 Å². The van der Waals surface area contributed by atoms with Gasteiger partial charge in [-0.15, -0.1) is 0 Å². The van der Waals surface area contributed by atoms with Crippen molar-refractivity contribution in [3.63, 3.8) is 0 Å². The number of benzene rings is 11. The van der Waals surface area contributed by atoms with Crippen LogP contribution in [-0.2, 0) is 16.2 Å². The predicted molar refractivity (Wildman–Crippen MR) is 397 cm³/mol. The average molecular weight is 1220 g/mol. The third kappa shape index (κ3) is 7.68. The first kappa shape index (κ1) is 57.2. The molecule has 11 aromatic carbocycles. The molecule has 4 unspecified atom stereocenters. The SMILES string of the molecule is CC(C)(C)c1cc2c3c(c1)C1(C)CCCCC1(C)N3c1cc(N(c3ccccc3[Si](c3ccccc3)(c3ccccc3)c3ccccc3)c3ccccc3[Si](c3ccccc3)(c3ccccc3)c3ccccc3)cc3c1B2c1cccc2c1N3C1(C)CCCCC21C. The standard InChI is InChI=1S/C86H82BN3Si2/c1-82(2,3)61-57-70-81-72(58-61)87-71-48-34-47-69-80(71)89(85(6)55-32-30-53-83(69,85)4)75-59-62(60-76(79(75)87)90(81)86(7)56-33-31-54-84(70,86)5)88(73-49-26-28-51-77(73)91(63-35-14-8-15-36-63,64-37-16-9-17-38-64)65-39-18-10-19-40-65)74-50-27-29-52-78(74)92(66-41-20-11-21-42-66,67-43-22-12-23-44-67)68-45-24-13-25-46-68/h8-29,34-52,57-60H,30-33,53-56H2,1-7H3. The van der Waals surface area contributed by atoms with Crippen LogP contribution in [0.4, 0.5) is 39.8 Å². The van der Waals surface area contributed by atoms with Gasteiger partial charge in [-0.2, -0.15) is 0 Å². The number of rotatable bonds is 11. The van der Waals surface area contributed by atoms with E-state index in [4.69, 9.17) is 0 Å². The highest BCUT2D eigenvalue weighted by molar-refractivity contribution is 7.21. The van der Waals surface area contributed by atoms with Crippen molar-refractivity contribution in [3.8, 4) is 0 Å². The number of hydrogen-bond donors (Lipinski definition) is 0. The van der Waals surface area contributed by atoms with Gasteiger partial charge in [0.15, 0.2) is 16.1 Å². The van der Waals surface area contributed by atoms with Crippen LogP contribution in [0.3, 0.4) is 0 Å². The Bertz CT molecular complexity index is 4290. The molecule has 17 rings (SSSR count). The minimum atomic E-state index is -3.26. The summed E-state index contributed by atoms with van der Waals surface area (Å²) in [6, 6.07) is 108. The van der Waals surface area contributed by atoms with E-state index < -0.39 is 16.1 Å². The van der Waals surface area contributed by atoms with Gasteiger partial charge in [0.1, 0.15) is 0 Å². The zero-order valence-electron chi connectivity index (χ0n) is 54.6. The van der Waals surface area contributed by atoms with Crippen LogP contribution in [-0.4, -0.2) is 33.9 Å². The van der Waals surface area contributed by atoms with Crippen LogP contribution in [0.25, 0.3) is 0 Å². The molecule has 0 radical (unpaired) electrons. The molecule has 2 aliphatic carbocycles. The molecular weight excluding hydrogens is 1140 g/mol. The second kappa shape index (κ2) is 20.9. The molecule has 4 heterocycles. The summed E-state index contributed by atoms with van der Waals surface area (Å²) in [5.41, 5.74) is 17.8. The fourth-order valence-electron chi connectivity index (χ4n) is 19.6. The first-order chi connectivity index (χ1) is 44.8. The van der Waals surface area contributed by atoms with E-state index in [1.54, 1.807) is 5.56 Å². The van der Waals surface area contributed by atoms with Crippen molar-refractivity contribution < 1.29 is 0 Å². The van der Waals surface area contributed by atoms with Crippen LogP contribution in [0.1, 0.15) is 117 Å². The monoisotopic (exact) mass is 1220 g/mol. The first-order valence-electron chi connectivity index (χ1n) is 34.2. The summed E-state index contributed by atoms with van der Waals surface area (Å²) < 4.78 is 0. The highest BCUT2D eigenvalue weighted by Crippen LogP contribution is 2.65. The van der Waals surface area contributed by atoms with Crippen molar-refractivity contribution in [1.29, 1.82) is 0 Å². The van der Waals surface area contributed by atoms with Crippen LogP contribution in [0.15, 0.2) is 273 Å². The van der Waals surface area contributed by atoms with E-state index in [1.807, 2.05) is 0 Å². The van der Waals surface area contributed by atoms with E-state index in [2.05, 4.69) is 336 Å². The Hall–Kier alpha value is -8.68. The largest absolute Gasteiger partial charge is 0.335 e. The van der Waals surface area contributed by atoms with Crippen LogP contribution < -0.4 is 72.6 Å². The Morgan fingerprint density at radius 2 is 0.728 bits per heavy atom. The van der Waals surface area contributed by atoms with Gasteiger partial charge in [0.05, 0.1) is 16.8 Å². The van der Waals surface area contributed by atoms with Crippen LogP contribution >= 0.6 is 0 Å². The summed E-state index contributed by atoms with van der Waals surface area (Å²) in [7, 11) is -6.52. The van der Waals surface area contributed by atoms with Gasteiger partial charge in [-0.1, -0.05) is 309 Å². The van der Waals surface area contributed by atoms with Gasteiger partial charge in [-0.05, 0) is 144 Å². The van der Waals surface area contributed by atoms with Crippen molar-refractivity contribution in [2.24, 2.45) is 0 Å². The van der Waals surface area contributed by atoms with Gasteiger partial charge >= 0.3 is 0 Å². The topological polar surface area (TPSA) is 9.72 Å². The molecule has 0 bridgehead atoms. The van der Waals surface area contributed by atoms with Gasteiger partial charge in [0.25, 0.3) is 6.71 Å². The Labute approximate surface area is 548 Å². The van der Waals surface area contributed by atoms with E-state index in [0.717, 1.165) is 12.8 Å². The maximum absolute atomic E-state index is 3.26. The maximum atomic E-state index is 3.00. The fraction of sp³-hybridized carbons (Fsp3) is 0.233. The van der Waals surface area contributed by atoms with Gasteiger partial charge in [0.2, 0.25) is 0 Å². The van der Waals surface area contributed by atoms with E-state index in [-0.39, 0.29) is 34.0 Å². The van der Waals surface area contributed by atoms with E-state index in [9.17, 15) is 0 Å². The van der Waals surface area contributed by atoms with Crippen LogP contribution in [0.2, 0.25) is 0 Å². The first-order valence-corrected chi connectivity index (χ1v) is 38.2. The van der Waals surface area contributed by atoms with E-state index in [0.29, 0.717) is 0 Å². The second-order valence-corrected chi connectivity index (χ2v) is 37.2. The summed E-state index contributed by atoms with van der Waals surface area (Å²) in [6.45, 7) is 18.0.